The molecule has 4 nitrogen and oxygen atoms in total. The van der Waals surface area contributed by atoms with Crippen LogP contribution in [0.2, 0.25) is 0 Å². The summed E-state index contributed by atoms with van der Waals surface area (Å²) in [5, 5.41) is 7.55. The van der Waals surface area contributed by atoms with Gasteiger partial charge < -0.3 is 5.32 Å². The van der Waals surface area contributed by atoms with E-state index in [1.807, 2.05) is 0 Å². The van der Waals surface area contributed by atoms with Gasteiger partial charge in [-0.3, -0.25) is 9.80 Å². The van der Waals surface area contributed by atoms with Crippen LogP contribution in [0.1, 0.15) is 6.92 Å². The highest BCUT2D eigenvalue weighted by Crippen LogP contribution is 1.94. The number of nitrogens with one attached hydrogen (secondary N) is 1. The third-order valence-corrected chi connectivity index (χ3v) is 1.19. The lowest BCUT2D eigenvalue weighted by Crippen LogP contribution is -2.19. The molecule has 4 heteroatoms. The quantitative estimate of drug-likeness (QED) is 0.359. The average molecular weight is 155 g/mol. The SMILES string of the molecule is C=NN(C)/C=C(\C)C(=O)NC. The molecule has 0 aliphatic rings. The van der Waals surface area contributed by atoms with Crippen molar-refractivity contribution in [2.24, 2.45) is 5.10 Å². The summed E-state index contributed by atoms with van der Waals surface area (Å²) < 4.78 is 0. The van der Waals surface area contributed by atoms with Crippen LogP contribution in [0.15, 0.2) is 16.9 Å². The first kappa shape index (κ1) is 9.68. The predicted molar refractivity (Wildman–Crippen MR) is 45.1 cm³/mol. The van der Waals surface area contributed by atoms with Gasteiger partial charge in [0.25, 0.3) is 0 Å². The molecule has 0 rings (SSSR count). The average Bonchev–Trinajstić information content (AvgIpc) is 2.02. The van der Waals surface area contributed by atoms with Crippen molar-refractivity contribution in [3.8, 4) is 0 Å². The number of nitrogens with zero attached hydrogens (tertiary/aromatic N) is 2. The van der Waals surface area contributed by atoms with E-state index in [1.165, 1.54) is 5.01 Å². The molecule has 0 bridgehead atoms. The number of rotatable bonds is 3. The van der Waals surface area contributed by atoms with Crippen LogP contribution in [-0.2, 0) is 4.79 Å². The fraction of sp³-hybridized carbons (Fsp3) is 0.429. The molecule has 0 aliphatic heterocycles. The van der Waals surface area contributed by atoms with Crippen molar-refractivity contribution in [3.63, 3.8) is 0 Å². The van der Waals surface area contributed by atoms with Crippen LogP contribution in [0.4, 0.5) is 0 Å². The van der Waals surface area contributed by atoms with Crippen LogP contribution in [0.5, 0.6) is 0 Å². The largest absolute Gasteiger partial charge is 0.355 e. The summed E-state index contributed by atoms with van der Waals surface area (Å²) in [5.41, 5.74) is 0.599. The molecule has 11 heavy (non-hydrogen) atoms. The molecule has 0 unspecified atom stereocenters. The maximum atomic E-state index is 10.9. The Morgan fingerprint density at radius 3 is 2.64 bits per heavy atom. The molecule has 0 atom stereocenters. The minimum Gasteiger partial charge on any atom is -0.355 e. The normalized spacial score (nSPS) is 10.6. The zero-order valence-corrected chi connectivity index (χ0v) is 7.09. The van der Waals surface area contributed by atoms with Crippen LogP contribution in [0.3, 0.4) is 0 Å². The number of hydrogen-bond acceptors (Lipinski definition) is 3. The van der Waals surface area contributed by atoms with Crippen molar-refractivity contribution in [2.45, 2.75) is 6.92 Å². The first-order valence-corrected chi connectivity index (χ1v) is 3.21. The molecule has 0 spiro atoms. The Morgan fingerprint density at radius 2 is 2.27 bits per heavy atom. The van der Waals surface area contributed by atoms with Gasteiger partial charge in [0.15, 0.2) is 0 Å². The van der Waals surface area contributed by atoms with Crippen molar-refractivity contribution >= 4 is 12.6 Å². The van der Waals surface area contributed by atoms with Crippen LogP contribution in [0, 0.1) is 0 Å². The first-order valence-electron chi connectivity index (χ1n) is 3.21. The third kappa shape index (κ3) is 3.40. The second-order valence-electron chi connectivity index (χ2n) is 2.11. The van der Waals surface area contributed by atoms with Crippen LogP contribution >= 0.6 is 0 Å². The molecule has 0 fully saturated rings. The monoisotopic (exact) mass is 155 g/mol. The zero-order valence-electron chi connectivity index (χ0n) is 7.09. The van der Waals surface area contributed by atoms with Crippen molar-refractivity contribution in [3.05, 3.63) is 11.8 Å². The molecule has 0 saturated heterocycles. The highest BCUT2D eigenvalue weighted by Gasteiger charge is 1.99. The predicted octanol–water partition coefficient (Wildman–Crippen LogP) is 0.184. The van der Waals surface area contributed by atoms with E-state index in [0.29, 0.717) is 5.57 Å². The van der Waals surface area contributed by atoms with Crippen LogP contribution in [0.25, 0.3) is 0 Å². The molecule has 62 valence electrons. The Hall–Kier alpha value is -1.32. The Morgan fingerprint density at radius 1 is 1.73 bits per heavy atom. The maximum Gasteiger partial charge on any atom is 0.248 e. The lowest BCUT2D eigenvalue weighted by Gasteiger charge is -2.06. The minimum atomic E-state index is -0.111. The van der Waals surface area contributed by atoms with Gasteiger partial charge in [-0.2, -0.15) is 5.10 Å². The van der Waals surface area contributed by atoms with Gasteiger partial charge in [-0.1, -0.05) is 0 Å². The Kier molecular flexibility index (Phi) is 3.95. The summed E-state index contributed by atoms with van der Waals surface area (Å²) in [7, 11) is 3.29. The number of hydrogen-bond donors (Lipinski definition) is 1. The highest BCUT2D eigenvalue weighted by atomic mass is 16.1. The number of likely N-dealkylation sites (N-methyl/N-ethyl adjacent to an activating group) is 1. The minimum absolute atomic E-state index is 0.111. The van der Waals surface area contributed by atoms with Gasteiger partial charge in [-0.05, 0) is 6.92 Å². The van der Waals surface area contributed by atoms with Gasteiger partial charge in [0.1, 0.15) is 0 Å². The van der Waals surface area contributed by atoms with Gasteiger partial charge >= 0.3 is 0 Å². The molecular weight excluding hydrogens is 142 g/mol. The van der Waals surface area contributed by atoms with Gasteiger partial charge in [-0.15, -0.1) is 0 Å². The van der Waals surface area contributed by atoms with Crippen LogP contribution < -0.4 is 5.32 Å². The third-order valence-electron chi connectivity index (χ3n) is 1.19. The summed E-state index contributed by atoms with van der Waals surface area (Å²) in [6.07, 6.45) is 1.60. The fourth-order valence-corrected chi connectivity index (χ4v) is 0.577. The topological polar surface area (TPSA) is 44.7 Å². The van der Waals surface area contributed by atoms with Gasteiger partial charge in [0.05, 0.1) is 0 Å². The molecule has 0 aliphatic carbocycles. The molecule has 0 aromatic rings. The Balaban J connectivity index is 4.20. The van der Waals surface area contributed by atoms with E-state index in [-0.39, 0.29) is 5.91 Å². The van der Waals surface area contributed by atoms with Crippen molar-refractivity contribution in [1.29, 1.82) is 0 Å². The summed E-state index contributed by atoms with van der Waals surface area (Å²) in [6.45, 7) is 5.01. The van der Waals surface area contributed by atoms with Crippen molar-refractivity contribution < 1.29 is 4.79 Å². The van der Waals surface area contributed by atoms with Crippen molar-refractivity contribution in [1.82, 2.24) is 10.3 Å². The van der Waals surface area contributed by atoms with E-state index in [2.05, 4.69) is 17.1 Å². The van der Waals surface area contributed by atoms with E-state index in [9.17, 15) is 4.79 Å². The summed E-state index contributed by atoms with van der Waals surface area (Å²) in [5.74, 6) is -0.111. The Labute approximate surface area is 66.6 Å². The number of carbonyl (C=O) groups is 1. The van der Waals surface area contributed by atoms with Gasteiger partial charge in [-0.25, -0.2) is 0 Å². The molecule has 0 heterocycles. The Bertz CT molecular complexity index is 186. The molecular formula is C7H13N3O. The summed E-state index contributed by atoms with van der Waals surface area (Å²) >= 11 is 0. The first-order chi connectivity index (χ1) is 5.11. The highest BCUT2D eigenvalue weighted by molar-refractivity contribution is 5.92. The molecule has 0 saturated carbocycles. The number of hydrazone groups is 1. The molecule has 1 N–H and O–H groups in total. The lowest BCUT2D eigenvalue weighted by atomic mass is 10.3. The van der Waals surface area contributed by atoms with Crippen molar-refractivity contribution in [2.75, 3.05) is 14.1 Å². The lowest BCUT2D eigenvalue weighted by molar-refractivity contribution is -0.117. The van der Waals surface area contributed by atoms with Gasteiger partial charge in [0, 0.05) is 32.6 Å². The molecule has 1 amide bonds. The van der Waals surface area contributed by atoms with E-state index in [4.69, 9.17) is 0 Å². The second kappa shape index (κ2) is 4.49. The molecule has 0 aromatic heterocycles. The molecule has 0 aromatic carbocycles. The van der Waals surface area contributed by atoms with Gasteiger partial charge in [0.2, 0.25) is 5.91 Å². The van der Waals surface area contributed by atoms with E-state index >= 15 is 0 Å². The van der Waals surface area contributed by atoms with E-state index in [1.54, 1.807) is 27.2 Å². The smallest absolute Gasteiger partial charge is 0.248 e. The van der Waals surface area contributed by atoms with Crippen LogP contribution in [-0.4, -0.2) is 31.7 Å². The molecule has 0 radical (unpaired) electrons. The number of amides is 1. The zero-order chi connectivity index (χ0) is 8.85. The maximum absolute atomic E-state index is 10.9. The standard InChI is InChI=1S/C7H13N3O/c1-6(7(11)8-2)5-10(4)9-3/h5H,3H2,1-2,4H3,(H,8,11)/b6-5+. The van der Waals surface area contributed by atoms with E-state index in [0.717, 1.165) is 0 Å². The summed E-state index contributed by atoms with van der Waals surface area (Å²) in [4.78, 5) is 10.9. The second-order valence-corrected chi connectivity index (χ2v) is 2.11. The number of carbonyl (C=O) groups excluding carboxylic acids is 1. The fourth-order valence-electron chi connectivity index (χ4n) is 0.577. The van der Waals surface area contributed by atoms with E-state index < -0.39 is 0 Å². The summed E-state index contributed by atoms with van der Waals surface area (Å²) in [6, 6.07) is 0.